The van der Waals surface area contributed by atoms with Crippen LogP contribution in [-0.2, 0) is 14.6 Å². The summed E-state index contributed by atoms with van der Waals surface area (Å²) in [5.41, 5.74) is 0. The molecule has 2 aromatic carbocycles. The Morgan fingerprint density at radius 1 is 1.00 bits per heavy atom. The molecule has 0 bridgehead atoms. The minimum absolute atomic E-state index is 0.169. The van der Waals surface area contributed by atoms with Crippen molar-refractivity contribution in [2.24, 2.45) is 0 Å². The second-order valence-corrected chi connectivity index (χ2v) is 6.87. The predicted octanol–water partition coefficient (Wildman–Crippen LogP) is 2.31. The van der Waals surface area contributed by atoms with Crippen LogP contribution in [0.2, 0.25) is 0 Å². The number of methoxy groups -OCH3 is 1. The minimum atomic E-state index is -3.54. The Hall–Kier alpha value is -2.05. The fourth-order valence-corrected chi connectivity index (χ4v) is 3.22. The summed E-state index contributed by atoms with van der Waals surface area (Å²) in [4.78, 5) is 0.459. The molecule has 1 aliphatic heterocycles. The summed E-state index contributed by atoms with van der Waals surface area (Å²) < 4.78 is 40.6. The Balaban J connectivity index is 1.78. The van der Waals surface area contributed by atoms with Gasteiger partial charge in [0.1, 0.15) is 24.2 Å². The molecule has 1 fully saturated rings. The van der Waals surface area contributed by atoms with Crippen molar-refractivity contribution in [3.63, 3.8) is 0 Å². The van der Waals surface area contributed by atoms with E-state index in [1.165, 1.54) is 19.2 Å². The zero-order chi connectivity index (χ0) is 15.6. The average Bonchev–Trinajstić information content (AvgIpc) is 3.38. The van der Waals surface area contributed by atoms with E-state index in [9.17, 15) is 8.42 Å². The summed E-state index contributed by atoms with van der Waals surface area (Å²) in [6.45, 7) is 1.22. The molecule has 5 nitrogen and oxygen atoms in total. The molecular weight excluding hydrogens is 304 g/mol. The normalized spacial score (nSPS) is 17.0. The summed E-state index contributed by atoms with van der Waals surface area (Å²) in [7, 11) is -2.00. The Kier molecular flexibility index (Phi) is 4.04. The lowest BCUT2D eigenvalue weighted by Crippen LogP contribution is -2.05. The van der Waals surface area contributed by atoms with Crippen molar-refractivity contribution in [1.82, 2.24) is 0 Å². The maximum absolute atomic E-state index is 12.5. The van der Waals surface area contributed by atoms with E-state index in [-0.39, 0.29) is 15.9 Å². The first-order chi connectivity index (χ1) is 10.6. The van der Waals surface area contributed by atoms with E-state index in [0.29, 0.717) is 18.1 Å². The predicted molar refractivity (Wildman–Crippen MR) is 80.1 cm³/mol. The van der Waals surface area contributed by atoms with E-state index >= 15 is 0 Å². The van der Waals surface area contributed by atoms with Gasteiger partial charge in [-0.05, 0) is 48.5 Å². The molecule has 2 aromatic rings. The molecule has 3 rings (SSSR count). The van der Waals surface area contributed by atoms with Crippen molar-refractivity contribution >= 4 is 9.84 Å². The van der Waals surface area contributed by atoms with Gasteiger partial charge in [-0.25, -0.2) is 8.42 Å². The van der Waals surface area contributed by atoms with E-state index in [1.54, 1.807) is 36.4 Å². The maximum atomic E-state index is 12.5. The smallest absolute Gasteiger partial charge is 0.206 e. The molecule has 0 aliphatic carbocycles. The van der Waals surface area contributed by atoms with Crippen molar-refractivity contribution < 1.29 is 22.6 Å². The number of benzene rings is 2. The van der Waals surface area contributed by atoms with Crippen molar-refractivity contribution in [2.45, 2.75) is 15.9 Å². The number of ether oxygens (including phenoxy) is 3. The molecule has 1 heterocycles. The van der Waals surface area contributed by atoms with Gasteiger partial charge >= 0.3 is 0 Å². The molecule has 1 aliphatic rings. The standard InChI is InChI=1S/C16H16O5S/c1-19-12-2-6-15(7-3-12)22(17,18)16-8-4-13(5-9-16)20-10-14-11-21-14/h2-9,14H,10-11H2,1H3/t14-/m1/s1. The molecule has 0 N–H and O–H groups in total. The summed E-state index contributed by atoms with van der Waals surface area (Å²) in [6.07, 6.45) is 0.169. The Labute approximate surface area is 129 Å². The number of epoxide rings is 1. The van der Waals surface area contributed by atoms with Crippen molar-refractivity contribution in [3.05, 3.63) is 48.5 Å². The molecule has 0 aromatic heterocycles. The van der Waals surface area contributed by atoms with Crippen LogP contribution in [0.25, 0.3) is 0 Å². The molecule has 0 saturated carbocycles. The van der Waals surface area contributed by atoms with E-state index in [2.05, 4.69) is 0 Å². The lowest BCUT2D eigenvalue weighted by Gasteiger charge is -2.08. The van der Waals surface area contributed by atoms with Crippen molar-refractivity contribution in [2.75, 3.05) is 20.3 Å². The first kappa shape index (κ1) is 14.9. The number of hydrogen-bond acceptors (Lipinski definition) is 5. The zero-order valence-corrected chi connectivity index (χ0v) is 12.9. The summed E-state index contributed by atoms with van der Waals surface area (Å²) >= 11 is 0. The lowest BCUT2D eigenvalue weighted by molar-refractivity contribution is 0.263. The monoisotopic (exact) mass is 320 g/mol. The fourth-order valence-electron chi connectivity index (χ4n) is 1.96. The average molecular weight is 320 g/mol. The van der Waals surface area contributed by atoms with Crippen molar-refractivity contribution in [3.8, 4) is 11.5 Å². The topological polar surface area (TPSA) is 65.1 Å². The molecule has 1 atom stereocenters. The molecule has 0 amide bonds. The van der Waals surface area contributed by atoms with E-state index in [1.807, 2.05) is 0 Å². The summed E-state index contributed by atoms with van der Waals surface area (Å²) in [5.74, 6) is 1.24. The van der Waals surface area contributed by atoms with Crippen LogP contribution in [0, 0.1) is 0 Å². The molecule has 22 heavy (non-hydrogen) atoms. The number of rotatable bonds is 6. The van der Waals surface area contributed by atoms with Crippen LogP contribution < -0.4 is 9.47 Å². The van der Waals surface area contributed by atoms with Crippen molar-refractivity contribution in [1.29, 1.82) is 0 Å². The quantitative estimate of drug-likeness (QED) is 0.764. The molecule has 6 heteroatoms. The van der Waals surface area contributed by atoms with Gasteiger partial charge in [-0.1, -0.05) is 0 Å². The Bertz CT molecular complexity index is 731. The van der Waals surface area contributed by atoms with Gasteiger partial charge in [0.2, 0.25) is 9.84 Å². The minimum Gasteiger partial charge on any atom is -0.497 e. The van der Waals surface area contributed by atoms with Crippen LogP contribution in [0.5, 0.6) is 11.5 Å². The van der Waals surface area contributed by atoms with Gasteiger partial charge in [-0.2, -0.15) is 0 Å². The summed E-state index contributed by atoms with van der Waals surface area (Å²) in [6, 6.07) is 12.7. The van der Waals surface area contributed by atoms with E-state index < -0.39 is 9.84 Å². The highest BCUT2D eigenvalue weighted by atomic mass is 32.2. The van der Waals surface area contributed by atoms with Crippen LogP contribution >= 0.6 is 0 Å². The molecule has 0 unspecified atom stereocenters. The van der Waals surface area contributed by atoms with Gasteiger partial charge < -0.3 is 14.2 Å². The highest BCUT2D eigenvalue weighted by Crippen LogP contribution is 2.25. The second-order valence-electron chi connectivity index (χ2n) is 4.92. The van der Waals surface area contributed by atoms with Crippen LogP contribution in [0.15, 0.2) is 58.3 Å². The Morgan fingerprint density at radius 2 is 1.50 bits per heavy atom. The van der Waals surface area contributed by atoms with Gasteiger partial charge in [0.05, 0.1) is 23.5 Å². The third-order valence-corrected chi connectivity index (χ3v) is 5.13. The van der Waals surface area contributed by atoms with E-state index in [4.69, 9.17) is 14.2 Å². The van der Waals surface area contributed by atoms with Gasteiger partial charge in [-0.3, -0.25) is 0 Å². The van der Waals surface area contributed by atoms with Gasteiger partial charge in [-0.15, -0.1) is 0 Å². The number of sulfone groups is 1. The molecule has 0 radical (unpaired) electrons. The molecule has 116 valence electrons. The van der Waals surface area contributed by atoms with E-state index in [0.717, 1.165) is 6.61 Å². The lowest BCUT2D eigenvalue weighted by atomic mass is 10.3. The first-order valence-electron chi connectivity index (χ1n) is 6.83. The highest BCUT2D eigenvalue weighted by Gasteiger charge is 2.23. The molecule has 0 spiro atoms. The number of hydrogen-bond donors (Lipinski definition) is 0. The maximum Gasteiger partial charge on any atom is 0.206 e. The van der Waals surface area contributed by atoms with Crippen LogP contribution in [-0.4, -0.2) is 34.8 Å². The van der Waals surface area contributed by atoms with Crippen LogP contribution in [0.4, 0.5) is 0 Å². The first-order valence-corrected chi connectivity index (χ1v) is 8.31. The van der Waals surface area contributed by atoms with Gasteiger partial charge in [0.25, 0.3) is 0 Å². The van der Waals surface area contributed by atoms with Crippen LogP contribution in [0.1, 0.15) is 0 Å². The third kappa shape index (κ3) is 3.23. The van der Waals surface area contributed by atoms with Gasteiger partial charge in [0, 0.05) is 0 Å². The summed E-state index contributed by atoms with van der Waals surface area (Å²) in [5, 5.41) is 0. The second kappa shape index (κ2) is 5.98. The van der Waals surface area contributed by atoms with Gasteiger partial charge in [0.15, 0.2) is 0 Å². The molecular formula is C16H16O5S. The van der Waals surface area contributed by atoms with Crippen LogP contribution in [0.3, 0.4) is 0 Å². The third-order valence-electron chi connectivity index (χ3n) is 3.34. The SMILES string of the molecule is COc1ccc(S(=O)(=O)c2ccc(OC[C@@H]3CO3)cc2)cc1. The highest BCUT2D eigenvalue weighted by molar-refractivity contribution is 7.91. The zero-order valence-electron chi connectivity index (χ0n) is 12.1. The fraction of sp³-hybridized carbons (Fsp3) is 0.250. The largest absolute Gasteiger partial charge is 0.497 e. The molecule has 1 saturated heterocycles. The Morgan fingerprint density at radius 3 is 1.95 bits per heavy atom.